The minimum Gasteiger partial charge on any atom is -0.508 e. The van der Waals surface area contributed by atoms with Crippen LogP contribution in [0.1, 0.15) is 17.2 Å². The fourth-order valence-electron chi connectivity index (χ4n) is 5.10. The van der Waals surface area contributed by atoms with Crippen molar-refractivity contribution >= 4 is 6.08 Å². The van der Waals surface area contributed by atoms with Gasteiger partial charge in [-0.1, -0.05) is 6.07 Å². The first-order valence-electron chi connectivity index (χ1n) is 13.5. The van der Waals surface area contributed by atoms with Gasteiger partial charge in [-0.3, -0.25) is 0 Å². The number of rotatable bonds is 8. The van der Waals surface area contributed by atoms with Crippen molar-refractivity contribution in [2.75, 3.05) is 20.3 Å². The first-order valence-corrected chi connectivity index (χ1v) is 13.5. The van der Waals surface area contributed by atoms with Crippen molar-refractivity contribution in [1.82, 2.24) is 0 Å². The van der Waals surface area contributed by atoms with Crippen LogP contribution in [0.4, 0.5) is 0 Å². The average Bonchev–Trinajstić information content (AvgIpc) is 3.01. The molecular weight excluding hydrogens is 592 g/mol. The Morgan fingerprint density at radius 2 is 1.30 bits per heavy atom. The smallest absolute Gasteiger partial charge is 0.229 e. The summed E-state index contributed by atoms with van der Waals surface area (Å²) < 4.78 is 34.0. The van der Waals surface area contributed by atoms with Crippen LogP contribution in [-0.4, -0.2) is 133 Å². The number of phenolic OH excluding ortho intramolecular Hbond substituents is 2. The van der Waals surface area contributed by atoms with Crippen LogP contribution >= 0.6 is 0 Å². The highest BCUT2D eigenvalue weighted by Crippen LogP contribution is 2.46. The number of fused-ring (bicyclic) bond motifs is 1. The molecule has 11 unspecified atom stereocenters. The Balaban J connectivity index is 1.55. The number of methoxy groups -OCH3 is 1. The minimum atomic E-state index is -1.78. The predicted molar refractivity (Wildman–Crippen MR) is 143 cm³/mol. The second kappa shape index (κ2) is 12.9. The minimum absolute atomic E-state index is 0.0165. The number of benzene rings is 2. The fourth-order valence-corrected chi connectivity index (χ4v) is 5.10. The molecule has 0 radical (unpaired) electrons. The number of aliphatic hydroxyl groups is 8. The molecule has 5 rings (SSSR count). The molecule has 0 aliphatic carbocycles. The lowest BCUT2D eigenvalue weighted by molar-refractivity contribution is -0.293. The van der Waals surface area contributed by atoms with Crippen LogP contribution in [0.15, 0.2) is 36.1 Å². The second-order valence-corrected chi connectivity index (χ2v) is 10.5. The molecule has 2 saturated heterocycles. The maximum atomic E-state index is 10.6. The van der Waals surface area contributed by atoms with Gasteiger partial charge in [0.05, 0.1) is 25.9 Å². The summed E-state index contributed by atoms with van der Waals surface area (Å²) in [5.74, 6) is -0.688. The van der Waals surface area contributed by atoms with Gasteiger partial charge in [0, 0.05) is 17.7 Å². The van der Waals surface area contributed by atoms with Gasteiger partial charge in [-0.15, -0.1) is 0 Å². The van der Waals surface area contributed by atoms with E-state index >= 15 is 0 Å². The summed E-state index contributed by atoms with van der Waals surface area (Å²) in [7, 11) is 1.33. The molecule has 16 nitrogen and oxygen atoms in total. The lowest BCUT2D eigenvalue weighted by Gasteiger charge is -2.41. The normalized spacial score (nSPS) is 35.2. The number of aliphatic hydroxyl groups excluding tert-OH is 8. The number of ether oxygens (including phenoxy) is 6. The average molecular weight is 627 g/mol. The maximum absolute atomic E-state index is 10.6. The van der Waals surface area contributed by atoms with Gasteiger partial charge in [-0.2, -0.15) is 0 Å². The first-order chi connectivity index (χ1) is 21.0. The molecule has 10 N–H and O–H groups in total. The highest BCUT2D eigenvalue weighted by Gasteiger charge is 2.47. The summed E-state index contributed by atoms with van der Waals surface area (Å²) in [5.41, 5.74) is 0.447. The Morgan fingerprint density at radius 3 is 1.86 bits per heavy atom. The summed E-state index contributed by atoms with van der Waals surface area (Å²) in [6.07, 6.45) is -16.0. The summed E-state index contributed by atoms with van der Waals surface area (Å²) in [6.45, 7) is -1.42. The van der Waals surface area contributed by atoms with Crippen LogP contribution < -0.4 is 14.2 Å². The third-order valence-electron chi connectivity index (χ3n) is 7.58. The zero-order valence-electron chi connectivity index (χ0n) is 23.2. The zero-order chi connectivity index (χ0) is 31.9. The molecule has 2 aromatic carbocycles. The first kappa shape index (κ1) is 32.0. The molecule has 242 valence electrons. The Hall–Kier alpha value is -3.42. The van der Waals surface area contributed by atoms with E-state index in [4.69, 9.17) is 28.4 Å². The van der Waals surface area contributed by atoms with Crippen molar-refractivity contribution in [2.45, 2.75) is 67.5 Å². The quantitative estimate of drug-likeness (QED) is 0.146. The standard InChI is InChI=1S/C28H34O16/c1-39-16-4-10(2-3-13(16)32)26-17(42-28-25(38)23(36)21(34)19(9-30)44-28)7-12-14(40-26)5-11(31)6-15(12)41-27-24(37)22(35)20(33)18(8-29)43-27/h2-7,18-38H,8-9H2,1H3. The van der Waals surface area contributed by atoms with Crippen LogP contribution in [0.5, 0.6) is 28.7 Å². The maximum Gasteiger partial charge on any atom is 0.229 e. The lowest BCUT2D eigenvalue weighted by atomic mass is 9.98. The highest BCUT2D eigenvalue weighted by molar-refractivity contribution is 5.70. The van der Waals surface area contributed by atoms with Crippen LogP contribution in [-0.2, 0) is 14.2 Å². The lowest BCUT2D eigenvalue weighted by Crippen LogP contribution is -2.60. The van der Waals surface area contributed by atoms with Crippen LogP contribution in [0.25, 0.3) is 6.08 Å². The van der Waals surface area contributed by atoms with Gasteiger partial charge in [-0.05, 0) is 18.2 Å². The van der Waals surface area contributed by atoms with Crippen molar-refractivity contribution in [2.24, 2.45) is 0 Å². The predicted octanol–water partition coefficient (Wildman–Crippen LogP) is -2.42. The molecule has 3 heterocycles. The number of hydrogen-bond acceptors (Lipinski definition) is 16. The molecule has 3 aliphatic rings. The Labute approximate surface area is 249 Å². The van der Waals surface area contributed by atoms with Gasteiger partial charge in [0.25, 0.3) is 0 Å². The molecule has 44 heavy (non-hydrogen) atoms. The summed E-state index contributed by atoms with van der Waals surface area (Å²) in [5, 5.41) is 102. The SMILES string of the molecule is COc1cc(C2Oc3cc(O)cc(OC4OC(CO)C(O)C(O)C4O)c3C=C2OC2OC(CO)C(O)C(O)C2O)ccc1O. The van der Waals surface area contributed by atoms with Gasteiger partial charge in [0.2, 0.25) is 12.6 Å². The van der Waals surface area contributed by atoms with Crippen molar-refractivity contribution in [3.63, 3.8) is 0 Å². The Morgan fingerprint density at radius 1 is 0.705 bits per heavy atom. The van der Waals surface area contributed by atoms with E-state index in [-0.39, 0.29) is 40.1 Å². The number of hydrogen-bond donors (Lipinski definition) is 10. The van der Waals surface area contributed by atoms with Crippen molar-refractivity contribution in [3.8, 4) is 28.7 Å². The van der Waals surface area contributed by atoms with Crippen molar-refractivity contribution in [3.05, 3.63) is 47.2 Å². The third kappa shape index (κ3) is 5.96. The van der Waals surface area contributed by atoms with Gasteiger partial charge >= 0.3 is 0 Å². The van der Waals surface area contributed by atoms with E-state index < -0.39 is 80.7 Å². The van der Waals surface area contributed by atoms with Crippen molar-refractivity contribution < 1.29 is 79.5 Å². The van der Waals surface area contributed by atoms with Gasteiger partial charge in [0.1, 0.15) is 71.8 Å². The van der Waals surface area contributed by atoms with Gasteiger partial charge in [-0.25, -0.2) is 0 Å². The Bertz CT molecular complexity index is 1350. The Kier molecular flexibility index (Phi) is 9.38. The van der Waals surface area contributed by atoms with Gasteiger partial charge < -0.3 is 79.5 Å². The molecule has 0 amide bonds. The summed E-state index contributed by atoms with van der Waals surface area (Å²) in [4.78, 5) is 0. The molecule has 0 bridgehead atoms. The number of aromatic hydroxyl groups is 2. The summed E-state index contributed by atoms with van der Waals surface area (Å²) >= 11 is 0. The topological polar surface area (TPSA) is 258 Å². The molecule has 3 aliphatic heterocycles. The van der Waals surface area contributed by atoms with E-state index in [2.05, 4.69) is 0 Å². The highest BCUT2D eigenvalue weighted by atomic mass is 16.7. The molecule has 11 atom stereocenters. The molecule has 2 fully saturated rings. The second-order valence-electron chi connectivity index (χ2n) is 10.5. The molecule has 2 aromatic rings. The van der Waals surface area contributed by atoms with Gasteiger partial charge in [0.15, 0.2) is 17.6 Å². The molecule has 0 spiro atoms. The van der Waals surface area contributed by atoms with Crippen LogP contribution in [0.2, 0.25) is 0 Å². The van der Waals surface area contributed by atoms with Crippen LogP contribution in [0, 0.1) is 0 Å². The number of phenols is 2. The molecule has 0 saturated carbocycles. The van der Waals surface area contributed by atoms with E-state index in [0.717, 1.165) is 6.07 Å². The third-order valence-corrected chi connectivity index (χ3v) is 7.58. The fraction of sp³-hybridized carbons (Fsp3) is 0.500. The van der Waals surface area contributed by atoms with E-state index in [9.17, 15) is 51.1 Å². The molecule has 0 aromatic heterocycles. The zero-order valence-corrected chi connectivity index (χ0v) is 23.2. The van der Waals surface area contributed by atoms with E-state index in [1.165, 1.54) is 37.5 Å². The molecule has 16 heteroatoms. The van der Waals surface area contributed by atoms with E-state index in [0.29, 0.717) is 5.56 Å². The van der Waals surface area contributed by atoms with Crippen molar-refractivity contribution in [1.29, 1.82) is 0 Å². The van der Waals surface area contributed by atoms with E-state index in [1.807, 2.05) is 0 Å². The monoisotopic (exact) mass is 626 g/mol. The van der Waals surface area contributed by atoms with Crippen LogP contribution in [0.3, 0.4) is 0 Å². The largest absolute Gasteiger partial charge is 0.508 e. The summed E-state index contributed by atoms with van der Waals surface area (Å²) in [6, 6.07) is 6.61. The van der Waals surface area contributed by atoms with E-state index in [1.54, 1.807) is 0 Å². The molecular formula is C28H34O16.